The number of anilines is 2. The summed E-state index contributed by atoms with van der Waals surface area (Å²) in [6.07, 6.45) is 2.71. The van der Waals surface area contributed by atoms with Crippen LogP contribution in [0.25, 0.3) is 21.9 Å². The molecule has 4 heterocycles. The SMILES string of the molecule is Cn1c2ccncc2c2ccc(N(C(=O)OC(C)(C)C)c3cccc([N+](=O)[O-])n3)nc21. The predicted molar refractivity (Wildman–Crippen MR) is 115 cm³/mol. The molecular weight excluding hydrogens is 400 g/mol. The lowest BCUT2D eigenvalue weighted by Gasteiger charge is -2.24. The van der Waals surface area contributed by atoms with Crippen LogP contribution in [0.4, 0.5) is 22.2 Å². The second-order valence-electron chi connectivity index (χ2n) is 7.92. The minimum atomic E-state index is -0.786. The highest BCUT2D eigenvalue weighted by Gasteiger charge is 2.30. The van der Waals surface area contributed by atoms with E-state index in [1.54, 1.807) is 39.2 Å². The Morgan fingerprint density at radius 2 is 1.84 bits per heavy atom. The standard InChI is InChI=1S/C21H20N6O4/c1-21(2,3)31-20(28)26(16-6-5-7-18(23-16)27(29)30)17-9-8-13-14-12-22-11-10-15(14)25(4)19(13)24-17/h5-12H,1-4H3. The van der Waals surface area contributed by atoms with E-state index in [9.17, 15) is 14.9 Å². The lowest BCUT2D eigenvalue weighted by molar-refractivity contribution is -0.389. The van der Waals surface area contributed by atoms with Gasteiger partial charge in [0.05, 0.1) is 5.52 Å². The summed E-state index contributed by atoms with van der Waals surface area (Å²) in [7, 11) is 1.87. The van der Waals surface area contributed by atoms with Crippen LogP contribution in [0.5, 0.6) is 0 Å². The van der Waals surface area contributed by atoms with Crippen LogP contribution in [0.2, 0.25) is 0 Å². The summed E-state index contributed by atoms with van der Waals surface area (Å²) in [5.41, 5.74) is 0.775. The lowest BCUT2D eigenvalue weighted by Crippen LogP contribution is -2.34. The molecule has 0 saturated heterocycles. The zero-order valence-electron chi connectivity index (χ0n) is 17.4. The maximum atomic E-state index is 13.1. The van der Waals surface area contributed by atoms with Gasteiger partial charge in [0.25, 0.3) is 5.82 Å². The van der Waals surface area contributed by atoms with Crippen molar-refractivity contribution in [3.63, 3.8) is 0 Å². The Kier molecular flexibility index (Phi) is 4.77. The van der Waals surface area contributed by atoms with Crippen LogP contribution in [-0.4, -0.2) is 36.1 Å². The number of carbonyl (C=O) groups excluding carboxylic acids is 1. The number of carbonyl (C=O) groups is 1. The molecular formula is C21H20N6O4. The molecule has 10 nitrogen and oxygen atoms in total. The Balaban J connectivity index is 1.90. The summed E-state index contributed by atoms with van der Waals surface area (Å²) >= 11 is 0. The first kappa shape index (κ1) is 20.2. The number of fused-ring (bicyclic) bond motifs is 3. The summed E-state index contributed by atoms with van der Waals surface area (Å²) in [6.45, 7) is 5.20. The molecule has 0 aliphatic heterocycles. The van der Waals surface area contributed by atoms with Gasteiger partial charge in [-0.2, -0.15) is 4.90 Å². The summed E-state index contributed by atoms with van der Waals surface area (Å²) in [6, 6.07) is 9.57. The van der Waals surface area contributed by atoms with Gasteiger partial charge in [0.2, 0.25) is 0 Å². The number of nitrogens with zero attached hydrogens (tertiary/aromatic N) is 6. The van der Waals surface area contributed by atoms with Gasteiger partial charge in [-0.15, -0.1) is 0 Å². The minimum absolute atomic E-state index is 0.0377. The van der Waals surface area contributed by atoms with Gasteiger partial charge in [-0.25, -0.2) is 9.78 Å². The van der Waals surface area contributed by atoms with Crippen LogP contribution in [0.3, 0.4) is 0 Å². The molecule has 0 aliphatic rings. The average molecular weight is 420 g/mol. The van der Waals surface area contributed by atoms with Gasteiger partial charge in [-0.1, -0.05) is 0 Å². The van der Waals surface area contributed by atoms with E-state index < -0.39 is 16.6 Å². The third-order valence-electron chi connectivity index (χ3n) is 4.57. The monoisotopic (exact) mass is 420 g/mol. The zero-order chi connectivity index (χ0) is 22.3. The Morgan fingerprint density at radius 1 is 1.10 bits per heavy atom. The number of nitro groups is 1. The molecule has 0 N–H and O–H groups in total. The zero-order valence-corrected chi connectivity index (χ0v) is 17.4. The summed E-state index contributed by atoms with van der Waals surface area (Å²) < 4.78 is 7.42. The molecule has 0 radical (unpaired) electrons. The number of ether oxygens (including phenoxy) is 1. The van der Waals surface area contributed by atoms with Crippen LogP contribution >= 0.6 is 0 Å². The molecule has 0 aliphatic carbocycles. The van der Waals surface area contributed by atoms with Gasteiger partial charge in [0.1, 0.15) is 17.1 Å². The number of amides is 1. The third kappa shape index (κ3) is 3.75. The first-order chi connectivity index (χ1) is 14.7. The second-order valence-corrected chi connectivity index (χ2v) is 7.92. The van der Waals surface area contributed by atoms with Crippen molar-refractivity contribution in [1.29, 1.82) is 0 Å². The number of aryl methyl sites for hydroxylation is 1. The van der Waals surface area contributed by atoms with E-state index in [0.717, 1.165) is 21.2 Å². The fourth-order valence-corrected chi connectivity index (χ4v) is 3.28. The van der Waals surface area contributed by atoms with Gasteiger partial charge in [-0.3, -0.25) is 4.98 Å². The van der Waals surface area contributed by atoms with Crippen LogP contribution < -0.4 is 4.90 Å². The van der Waals surface area contributed by atoms with E-state index >= 15 is 0 Å². The van der Waals surface area contributed by atoms with E-state index in [1.807, 2.05) is 23.7 Å². The van der Waals surface area contributed by atoms with Crippen LogP contribution in [0.15, 0.2) is 48.8 Å². The molecule has 0 spiro atoms. The quantitative estimate of drug-likeness (QED) is 0.354. The molecule has 0 unspecified atom stereocenters. The molecule has 1 amide bonds. The molecule has 0 aromatic carbocycles. The molecule has 4 aromatic heterocycles. The molecule has 0 saturated carbocycles. The second kappa shape index (κ2) is 7.31. The number of hydrogen-bond donors (Lipinski definition) is 0. The minimum Gasteiger partial charge on any atom is -0.443 e. The maximum Gasteiger partial charge on any atom is 0.423 e. The molecule has 4 rings (SSSR count). The number of pyridine rings is 3. The summed E-state index contributed by atoms with van der Waals surface area (Å²) in [5, 5.41) is 13.0. The van der Waals surface area contributed by atoms with E-state index in [2.05, 4.69) is 15.0 Å². The van der Waals surface area contributed by atoms with Crippen molar-refractivity contribution in [3.8, 4) is 0 Å². The van der Waals surface area contributed by atoms with Gasteiger partial charge in [-0.05, 0) is 54.9 Å². The van der Waals surface area contributed by atoms with Gasteiger partial charge in [0.15, 0.2) is 0 Å². The predicted octanol–water partition coefficient (Wildman–Crippen LogP) is 4.50. The van der Waals surface area contributed by atoms with Crippen molar-refractivity contribution >= 4 is 45.5 Å². The van der Waals surface area contributed by atoms with Gasteiger partial charge < -0.3 is 19.4 Å². The molecule has 0 fully saturated rings. The van der Waals surface area contributed by atoms with Crippen molar-refractivity contribution in [2.75, 3.05) is 4.90 Å². The Labute approximate surface area is 177 Å². The van der Waals surface area contributed by atoms with E-state index in [4.69, 9.17) is 4.74 Å². The molecule has 4 aromatic rings. The first-order valence-corrected chi connectivity index (χ1v) is 9.49. The van der Waals surface area contributed by atoms with Crippen molar-refractivity contribution in [3.05, 3.63) is 58.9 Å². The van der Waals surface area contributed by atoms with Crippen LogP contribution in [0, 0.1) is 10.1 Å². The normalized spacial score (nSPS) is 11.6. The Hall–Kier alpha value is -4.08. The molecule has 158 valence electrons. The fourth-order valence-electron chi connectivity index (χ4n) is 3.28. The molecule has 10 heteroatoms. The number of aromatic nitrogens is 4. The summed E-state index contributed by atoms with van der Waals surface area (Å²) in [4.78, 5) is 37.7. The van der Waals surface area contributed by atoms with E-state index in [-0.39, 0.29) is 17.5 Å². The number of hydrogen-bond acceptors (Lipinski definition) is 7. The van der Waals surface area contributed by atoms with Crippen LogP contribution in [0.1, 0.15) is 20.8 Å². The van der Waals surface area contributed by atoms with Gasteiger partial charge >= 0.3 is 11.9 Å². The van der Waals surface area contributed by atoms with Crippen LogP contribution in [-0.2, 0) is 11.8 Å². The first-order valence-electron chi connectivity index (χ1n) is 9.49. The summed E-state index contributed by atoms with van der Waals surface area (Å²) in [5.74, 6) is -0.118. The Bertz CT molecular complexity index is 1320. The van der Waals surface area contributed by atoms with Crippen molar-refractivity contribution in [2.45, 2.75) is 26.4 Å². The molecule has 0 atom stereocenters. The van der Waals surface area contributed by atoms with E-state index in [0.29, 0.717) is 5.65 Å². The highest BCUT2D eigenvalue weighted by Crippen LogP contribution is 2.31. The topological polar surface area (TPSA) is 116 Å². The number of rotatable bonds is 3. The fraction of sp³-hybridized carbons (Fsp3) is 0.238. The average Bonchev–Trinajstić information content (AvgIpc) is 2.99. The molecule has 0 bridgehead atoms. The van der Waals surface area contributed by atoms with Crippen molar-refractivity contribution in [2.24, 2.45) is 7.05 Å². The van der Waals surface area contributed by atoms with Crippen molar-refractivity contribution in [1.82, 2.24) is 19.5 Å². The Morgan fingerprint density at radius 3 is 2.55 bits per heavy atom. The molecule has 31 heavy (non-hydrogen) atoms. The van der Waals surface area contributed by atoms with Gasteiger partial charge in [0, 0.05) is 42.3 Å². The highest BCUT2D eigenvalue weighted by molar-refractivity contribution is 6.07. The van der Waals surface area contributed by atoms with Crippen molar-refractivity contribution < 1.29 is 14.5 Å². The lowest BCUT2D eigenvalue weighted by atomic mass is 10.2. The third-order valence-corrected chi connectivity index (χ3v) is 4.57. The largest absolute Gasteiger partial charge is 0.443 e. The maximum absolute atomic E-state index is 13.1. The highest BCUT2D eigenvalue weighted by atomic mass is 16.6. The van der Waals surface area contributed by atoms with E-state index in [1.165, 1.54) is 18.2 Å². The smallest absolute Gasteiger partial charge is 0.423 e.